The van der Waals surface area contributed by atoms with E-state index in [1.165, 1.54) is 6.07 Å². The third-order valence-corrected chi connectivity index (χ3v) is 3.36. The van der Waals surface area contributed by atoms with E-state index in [1.807, 2.05) is 0 Å². The molecule has 0 bridgehead atoms. The molecule has 1 aliphatic carbocycles. The van der Waals surface area contributed by atoms with Gasteiger partial charge in [0, 0.05) is 5.69 Å². The maximum atomic E-state index is 13.0. The van der Waals surface area contributed by atoms with Gasteiger partial charge in [0.1, 0.15) is 5.82 Å². The zero-order chi connectivity index (χ0) is 10.8. The van der Waals surface area contributed by atoms with E-state index in [2.05, 4.69) is 21.2 Å². The van der Waals surface area contributed by atoms with Gasteiger partial charge in [0.25, 0.3) is 0 Å². The number of hydrogen-bond acceptors (Lipinski definition) is 2. The number of nitrogens with one attached hydrogen (secondary N) is 1. The first-order valence-electron chi connectivity index (χ1n) is 5.06. The van der Waals surface area contributed by atoms with Gasteiger partial charge in [-0.05, 0) is 53.4 Å². The predicted octanol–water partition coefficient (Wildman–Crippen LogP) is 2.91. The molecule has 2 unspecified atom stereocenters. The molecule has 2 nitrogen and oxygen atoms in total. The lowest BCUT2D eigenvalue weighted by molar-refractivity contribution is 0.172. The monoisotopic (exact) mass is 273 g/mol. The first kappa shape index (κ1) is 10.9. The van der Waals surface area contributed by atoms with Crippen molar-refractivity contribution in [1.29, 1.82) is 0 Å². The fourth-order valence-corrected chi connectivity index (χ4v) is 2.29. The Kier molecular flexibility index (Phi) is 3.26. The van der Waals surface area contributed by atoms with E-state index < -0.39 is 0 Å². The number of aliphatic hydroxyl groups is 1. The third-order valence-electron chi connectivity index (χ3n) is 2.75. The van der Waals surface area contributed by atoms with E-state index in [1.54, 1.807) is 12.1 Å². The molecule has 1 aromatic rings. The van der Waals surface area contributed by atoms with Gasteiger partial charge in [0.05, 0.1) is 16.6 Å². The molecule has 0 radical (unpaired) electrons. The van der Waals surface area contributed by atoms with Crippen LogP contribution >= 0.6 is 15.9 Å². The predicted molar refractivity (Wildman–Crippen MR) is 61.4 cm³/mol. The van der Waals surface area contributed by atoms with E-state index in [0.29, 0.717) is 4.47 Å². The van der Waals surface area contributed by atoms with Crippen molar-refractivity contribution < 1.29 is 9.50 Å². The van der Waals surface area contributed by atoms with Gasteiger partial charge in [-0.1, -0.05) is 0 Å². The van der Waals surface area contributed by atoms with Crippen LogP contribution in [0.15, 0.2) is 22.7 Å². The largest absolute Gasteiger partial charge is 0.391 e. The highest BCUT2D eigenvalue weighted by atomic mass is 79.9. The number of aliphatic hydroxyl groups excluding tert-OH is 1. The van der Waals surface area contributed by atoms with Crippen LogP contribution in [0.25, 0.3) is 0 Å². The summed E-state index contributed by atoms with van der Waals surface area (Å²) in [5.74, 6) is -0.271. The van der Waals surface area contributed by atoms with E-state index in [-0.39, 0.29) is 18.0 Å². The minimum atomic E-state index is -0.283. The Morgan fingerprint density at radius 3 is 2.80 bits per heavy atom. The van der Waals surface area contributed by atoms with E-state index in [0.717, 1.165) is 24.9 Å². The highest BCUT2D eigenvalue weighted by molar-refractivity contribution is 9.10. The number of halogens is 2. The molecule has 2 rings (SSSR count). The molecule has 15 heavy (non-hydrogen) atoms. The molecule has 2 atom stereocenters. The Morgan fingerprint density at radius 1 is 1.40 bits per heavy atom. The summed E-state index contributed by atoms with van der Waals surface area (Å²) in [7, 11) is 0. The standard InChI is InChI=1S/C11H13BrFNO/c12-8-6-7(4-5-9(8)13)14-10-2-1-3-11(10)15/h4-6,10-11,14-15H,1-3H2. The van der Waals surface area contributed by atoms with Crippen LogP contribution in [0, 0.1) is 5.82 Å². The van der Waals surface area contributed by atoms with Gasteiger partial charge in [0.2, 0.25) is 0 Å². The van der Waals surface area contributed by atoms with Crippen molar-refractivity contribution in [3.8, 4) is 0 Å². The molecule has 0 spiro atoms. The molecule has 1 aromatic carbocycles. The van der Waals surface area contributed by atoms with Crippen LogP contribution in [0.2, 0.25) is 0 Å². The summed E-state index contributed by atoms with van der Waals surface area (Å²) in [5.41, 5.74) is 0.842. The smallest absolute Gasteiger partial charge is 0.137 e. The Hall–Kier alpha value is -0.610. The van der Waals surface area contributed by atoms with Crippen molar-refractivity contribution in [2.24, 2.45) is 0 Å². The Balaban J connectivity index is 2.07. The van der Waals surface area contributed by atoms with E-state index in [9.17, 15) is 9.50 Å². The van der Waals surface area contributed by atoms with Gasteiger partial charge in [-0.25, -0.2) is 4.39 Å². The van der Waals surface area contributed by atoms with Crippen LogP contribution in [0.3, 0.4) is 0 Å². The molecule has 0 aliphatic heterocycles. The lowest BCUT2D eigenvalue weighted by Crippen LogP contribution is -2.27. The number of rotatable bonds is 2. The molecule has 2 N–H and O–H groups in total. The molecule has 82 valence electrons. The van der Waals surface area contributed by atoms with Crippen molar-refractivity contribution >= 4 is 21.6 Å². The second kappa shape index (κ2) is 4.49. The molecule has 0 amide bonds. The van der Waals surface area contributed by atoms with Crippen molar-refractivity contribution in [1.82, 2.24) is 0 Å². The number of benzene rings is 1. The van der Waals surface area contributed by atoms with Crippen LogP contribution in [-0.4, -0.2) is 17.3 Å². The molecule has 0 saturated heterocycles. The van der Waals surface area contributed by atoms with Crippen molar-refractivity contribution in [3.63, 3.8) is 0 Å². The second-order valence-electron chi connectivity index (χ2n) is 3.88. The summed E-state index contributed by atoms with van der Waals surface area (Å²) >= 11 is 3.13. The second-order valence-corrected chi connectivity index (χ2v) is 4.73. The zero-order valence-corrected chi connectivity index (χ0v) is 9.80. The van der Waals surface area contributed by atoms with Gasteiger partial charge in [-0.2, -0.15) is 0 Å². The normalized spacial score (nSPS) is 25.5. The van der Waals surface area contributed by atoms with Crippen LogP contribution < -0.4 is 5.32 Å². The van der Waals surface area contributed by atoms with Gasteiger partial charge >= 0.3 is 0 Å². The number of anilines is 1. The first-order chi connectivity index (χ1) is 7.16. The summed E-state index contributed by atoms with van der Waals surface area (Å²) in [5, 5.41) is 12.8. The minimum absolute atomic E-state index is 0.0994. The summed E-state index contributed by atoms with van der Waals surface area (Å²) < 4.78 is 13.4. The van der Waals surface area contributed by atoms with Gasteiger partial charge < -0.3 is 10.4 Å². The van der Waals surface area contributed by atoms with Gasteiger partial charge in [-0.15, -0.1) is 0 Å². The molecule has 4 heteroatoms. The maximum absolute atomic E-state index is 13.0. The quantitative estimate of drug-likeness (QED) is 0.869. The molecule has 1 fully saturated rings. The Morgan fingerprint density at radius 2 is 2.20 bits per heavy atom. The van der Waals surface area contributed by atoms with Crippen molar-refractivity contribution in [2.45, 2.75) is 31.4 Å². The first-order valence-corrected chi connectivity index (χ1v) is 5.86. The molecular formula is C11H13BrFNO. The highest BCUT2D eigenvalue weighted by Gasteiger charge is 2.24. The van der Waals surface area contributed by atoms with Crippen LogP contribution in [0.4, 0.5) is 10.1 Å². The maximum Gasteiger partial charge on any atom is 0.137 e. The fraction of sp³-hybridized carbons (Fsp3) is 0.455. The topological polar surface area (TPSA) is 32.3 Å². The molecule has 0 heterocycles. The average molecular weight is 274 g/mol. The Labute approximate surface area is 96.6 Å². The summed E-state index contributed by atoms with van der Waals surface area (Å²) in [6.45, 7) is 0. The molecule has 1 saturated carbocycles. The van der Waals surface area contributed by atoms with Crippen LogP contribution in [-0.2, 0) is 0 Å². The SMILES string of the molecule is OC1CCCC1Nc1ccc(F)c(Br)c1. The number of hydrogen-bond donors (Lipinski definition) is 2. The molecular weight excluding hydrogens is 261 g/mol. The van der Waals surface area contributed by atoms with E-state index in [4.69, 9.17) is 0 Å². The molecule has 0 aromatic heterocycles. The summed E-state index contributed by atoms with van der Waals surface area (Å²) in [6, 6.07) is 4.89. The van der Waals surface area contributed by atoms with Crippen LogP contribution in [0.5, 0.6) is 0 Å². The van der Waals surface area contributed by atoms with Gasteiger partial charge in [0.15, 0.2) is 0 Å². The van der Waals surface area contributed by atoms with E-state index >= 15 is 0 Å². The summed E-state index contributed by atoms with van der Waals surface area (Å²) in [4.78, 5) is 0. The molecule has 1 aliphatic rings. The third kappa shape index (κ3) is 2.49. The lowest BCUT2D eigenvalue weighted by atomic mass is 10.2. The highest BCUT2D eigenvalue weighted by Crippen LogP contribution is 2.25. The van der Waals surface area contributed by atoms with Crippen LogP contribution in [0.1, 0.15) is 19.3 Å². The van der Waals surface area contributed by atoms with Crippen molar-refractivity contribution in [3.05, 3.63) is 28.5 Å². The minimum Gasteiger partial charge on any atom is -0.391 e. The summed E-state index contributed by atoms with van der Waals surface area (Å²) in [6.07, 6.45) is 2.58. The van der Waals surface area contributed by atoms with Gasteiger partial charge in [-0.3, -0.25) is 0 Å². The Bertz CT molecular complexity index is 358. The average Bonchev–Trinajstić information content (AvgIpc) is 2.59. The fourth-order valence-electron chi connectivity index (χ4n) is 1.91. The zero-order valence-electron chi connectivity index (χ0n) is 8.21. The lowest BCUT2D eigenvalue weighted by Gasteiger charge is -2.17. The van der Waals surface area contributed by atoms with Crippen molar-refractivity contribution in [2.75, 3.05) is 5.32 Å².